The number of imidazole rings is 1. The van der Waals surface area contributed by atoms with Gasteiger partial charge >= 0.3 is 0 Å². The van der Waals surface area contributed by atoms with E-state index in [9.17, 15) is 4.39 Å². The normalized spacial score (nSPS) is 18.4. The number of hydrogen-bond acceptors (Lipinski definition) is 7. The molecule has 2 aliphatic heterocycles. The van der Waals surface area contributed by atoms with Crippen molar-refractivity contribution in [2.24, 2.45) is 0 Å². The average molecular weight is 515 g/mol. The molecule has 9 heteroatoms. The van der Waals surface area contributed by atoms with E-state index in [0.29, 0.717) is 23.8 Å². The number of fused-ring (bicyclic) bond motifs is 3. The summed E-state index contributed by atoms with van der Waals surface area (Å²) in [5.41, 5.74) is 5.19. The van der Waals surface area contributed by atoms with E-state index in [2.05, 4.69) is 61.5 Å². The van der Waals surface area contributed by atoms with Crippen LogP contribution in [-0.2, 0) is 13.0 Å². The molecular formula is C29H35FN8. The summed E-state index contributed by atoms with van der Waals surface area (Å²) < 4.78 is 17.2. The molecule has 2 aliphatic rings. The second-order valence-corrected chi connectivity index (χ2v) is 10.9. The highest BCUT2D eigenvalue weighted by Gasteiger charge is 2.24. The van der Waals surface area contributed by atoms with Gasteiger partial charge in [-0.25, -0.2) is 24.3 Å². The van der Waals surface area contributed by atoms with Crippen LogP contribution in [0.3, 0.4) is 0 Å². The Kier molecular flexibility index (Phi) is 6.57. The van der Waals surface area contributed by atoms with Gasteiger partial charge in [-0.05, 0) is 63.4 Å². The van der Waals surface area contributed by atoms with Crippen LogP contribution in [0.1, 0.15) is 50.2 Å². The summed E-state index contributed by atoms with van der Waals surface area (Å²) in [5, 5.41) is 3.15. The number of halogens is 1. The van der Waals surface area contributed by atoms with E-state index in [1.807, 2.05) is 31.3 Å². The Hall–Kier alpha value is -3.43. The first kappa shape index (κ1) is 24.9. The Morgan fingerprint density at radius 3 is 2.61 bits per heavy atom. The third-order valence-electron chi connectivity index (χ3n) is 7.91. The first-order valence-electron chi connectivity index (χ1n) is 13.6. The lowest BCUT2D eigenvalue weighted by molar-refractivity contribution is 0.104. The highest BCUT2D eigenvalue weighted by atomic mass is 19.1. The zero-order valence-electron chi connectivity index (χ0n) is 22.6. The number of rotatable bonds is 6. The van der Waals surface area contributed by atoms with Crippen molar-refractivity contribution in [3.8, 4) is 11.3 Å². The number of anilines is 2. The molecule has 38 heavy (non-hydrogen) atoms. The first-order chi connectivity index (χ1) is 18.4. The van der Waals surface area contributed by atoms with Gasteiger partial charge in [0.15, 0.2) is 5.82 Å². The fourth-order valence-corrected chi connectivity index (χ4v) is 5.72. The van der Waals surface area contributed by atoms with E-state index in [1.165, 1.54) is 11.8 Å². The molecule has 0 radical (unpaired) electrons. The van der Waals surface area contributed by atoms with Crippen molar-refractivity contribution in [2.45, 2.75) is 59.2 Å². The number of hydrogen-bond donors (Lipinski definition) is 1. The number of nitrogens with one attached hydrogen (secondary N) is 1. The van der Waals surface area contributed by atoms with Crippen LogP contribution in [0, 0.1) is 12.7 Å². The lowest BCUT2D eigenvalue weighted by Crippen LogP contribution is -2.48. The number of pyridine rings is 1. The molecule has 4 aromatic rings. The number of aromatic nitrogens is 5. The molecule has 0 aliphatic carbocycles. The average Bonchev–Trinajstić information content (AvgIpc) is 3.46. The van der Waals surface area contributed by atoms with E-state index >= 15 is 0 Å². The van der Waals surface area contributed by atoms with Crippen LogP contribution in [0.2, 0.25) is 0 Å². The summed E-state index contributed by atoms with van der Waals surface area (Å²) in [4.78, 5) is 23.1. The predicted molar refractivity (Wildman–Crippen MR) is 148 cm³/mol. The molecule has 1 saturated heterocycles. The fraction of sp³-hybridized carbons (Fsp3) is 0.448. The van der Waals surface area contributed by atoms with Crippen LogP contribution < -0.4 is 5.32 Å². The van der Waals surface area contributed by atoms with Gasteiger partial charge in [0.1, 0.15) is 17.3 Å². The van der Waals surface area contributed by atoms with Gasteiger partial charge in [0, 0.05) is 63.0 Å². The second kappa shape index (κ2) is 10.0. The maximum absolute atomic E-state index is 14.9. The number of aryl methyl sites for hydroxylation is 2. The van der Waals surface area contributed by atoms with Gasteiger partial charge in [0.2, 0.25) is 5.95 Å². The highest BCUT2D eigenvalue weighted by molar-refractivity contribution is 5.85. The van der Waals surface area contributed by atoms with Crippen LogP contribution in [0.5, 0.6) is 0 Å². The molecule has 0 bridgehead atoms. The van der Waals surface area contributed by atoms with Crippen LogP contribution >= 0.6 is 0 Å². The van der Waals surface area contributed by atoms with Gasteiger partial charge in [0.25, 0.3) is 0 Å². The molecule has 1 atom stereocenters. The van der Waals surface area contributed by atoms with Crippen molar-refractivity contribution in [3.05, 3.63) is 59.4 Å². The SMILES string of the molecule is Cc1cc(-c2nc(Nc3ccc(CN4CCN(C(C)C)CC4)cn3)ncc2F)cc2c1nc1n2C(C)CC1. The summed E-state index contributed by atoms with van der Waals surface area (Å²) in [5.74, 6) is 1.59. The quantitative estimate of drug-likeness (QED) is 0.383. The zero-order chi connectivity index (χ0) is 26.4. The molecule has 3 aromatic heterocycles. The van der Waals surface area contributed by atoms with Gasteiger partial charge < -0.3 is 9.88 Å². The molecule has 1 N–H and O–H groups in total. The second-order valence-electron chi connectivity index (χ2n) is 10.9. The zero-order valence-corrected chi connectivity index (χ0v) is 22.6. The molecule has 5 heterocycles. The topological polar surface area (TPSA) is 75.0 Å². The van der Waals surface area contributed by atoms with Crippen molar-refractivity contribution >= 4 is 22.8 Å². The van der Waals surface area contributed by atoms with E-state index in [4.69, 9.17) is 4.98 Å². The third kappa shape index (κ3) is 4.76. The Labute approximate surface area is 222 Å². The standard InChI is InChI=1S/C29H35FN8/c1-18(2)37-11-9-36(10-12-37)17-21-6-7-25(31-15-21)33-29-32-16-23(30)28(35-29)22-13-19(3)27-24(14-22)38-20(4)5-8-26(38)34-27/h6-7,13-16,18,20H,5,8-12,17H2,1-4H3,(H,31,32,33,35). The van der Waals surface area contributed by atoms with Crippen molar-refractivity contribution in [3.63, 3.8) is 0 Å². The van der Waals surface area contributed by atoms with E-state index in [-0.39, 0.29) is 5.69 Å². The lowest BCUT2D eigenvalue weighted by Gasteiger charge is -2.36. The Balaban J connectivity index is 1.19. The molecule has 0 saturated carbocycles. The maximum Gasteiger partial charge on any atom is 0.229 e. The van der Waals surface area contributed by atoms with Gasteiger partial charge in [-0.15, -0.1) is 0 Å². The van der Waals surface area contributed by atoms with Crippen molar-refractivity contribution < 1.29 is 4.39 Å². The maximum atomic E-state index is 14.9. The largest absolute Gasteiger partial charge is 0.325 e. The molecule has 0 amide bonds. The number of nitrogens with zero attached hydrogens (tertiary/aromatic N) is 7. The van der Waals surface area contributed by atoms with Crippen molar-refractivity contribution in [2.75, 3.05) is 31.5 Å². The summed E-state index contributed by atoms with van der Waals surface area (Å²) in [7, 11) is 0. The minimum absolute atomic E-state index is 0.269. The number of benzene rings is 1. The minimum atomic E-state index is -0.454. The van der Waals surface area contributed by atoms with Gasteiger partial charge in [-0.1, -0.05) is 6.07 Å². The fourth-order valence-electron chi connectivity index (χ4n) is 5.72. The predicted octanol–water partition coefficient (Wildman–Crippen LogP) is 5.11. The van der Waals surface area contributed by atoms with Crippen molar-refractivity contribution in [1.82, 2.24) is 34.3 Å². The summed E-state index contributed by atoms with van der Waals surface area (Å²) in [6.07, 6.45) is 5.16. The van der Waals surface area contributed by atoms with Crippen molar-refractivity contribution in [1.29, 1.82) is 0 Å². The first-order valence-corrected chi connectivity index (χ1v) is 13.6. The molecule has 1 unspecified atom stereocenters. The Morgan fingerprint density at radius 2 is 1.87 bits per heavy atom. The summed E-state index contributed by atoms with van der Waals surface area (Å²) in [6.45, 7) is 14.0. The van der Waals surface area contributed by atoms with Gasteiger partial charge in [-0.3, -0.25) is 9.80 Å². The smallest absolute Gasteiger partial charge is 0.229 e. The van der Waals surface area contributed by atoms with E-state index < -0.39 is 5.82 Å². The Bertz CT molecular complexity index is 1450. The Morgan fingerprint density at radius 1 is 1.05 bits per heavy atom. The third-order valence-corrected chi connectivity index (χ3v) is 7.91. The molecular weight excluding hydrogens is 479 g/mol. The molecule has 6 rings (SSSR count). The van der Waals surface area contributed by atoms with Crippen LogP contribution in [0.25, 0.3) is 22.3 Å². The van der Waals surface area contributed by atoms with Crippen LogP contribution in [-0.4, -0.2) is 66.5 Å². The molecule has 0 spiro atoms. The molecule has 1 aromatic carbocycles. The summed E-state index contributed by atoms with van der Waals surface area (Å²) in [6, 6.07) is 8.95. The van der Waals surface area contributed by atoms with Crippen LogP contribution in [0.4, 0.5) is 16.2 Å². The van der Waals surface area contributed by atoms with E-state index in [1.54, 1.807) is 0 Å². The lowest BCUT2D eigenvalue weighted by atomic mass is 10.1. The van der Waals surface area contributed by atoms with Crippen LogP contribution in [0.15, 0.2) is 36.7 Å². The van der Waals surface area contributed by atoms with E-state index in [0.717, 1.165) is 73.6 Å². The minimum Gasteiger partial charge on any atom is -0.325 e. The highest BCUT2D eigenvalue weighted by Crippen LogP contribution is 2.35. The van der Waals surface area contributed by atoms with Gasteiger partial charge in [-0.2, -0.15) is 0 Å². The molecule has 1 fully saturated rings. The molecule has 198 valence electrons. The monoisotopic (exact) mass is 514 g/mol. The summed E-state index contributed by atoms with van der Waals surface area (Å²) >= 11 is 0. The molecule has 8 nitrogen and oxygen atoms in total. The van der Waals surface area contributed by atoms with Gasteiger partial charge in [0.05, 0.1) is 17.2 Å². The number of piperazine rings is 1.